The minimum Gasteiger partial charge on any atom is -0.339 e. The largest absolute Gasteiger partial charge is 0.339 e. The van der Waals surface area contributed by atoms with Gasteiger partial charge in [0.15, 0.2) is 0 Å². The maximum absolute atomic E-state index is 12.4. The summed E-state index contributed by atoms with van der Waals surface area (Å²) in [5, 5.41) is 0. The Hall–Kier alpha value is -2.37. The molecule has 0 N–H and O–H groups in total. The Labute approximate surface area is 154 Å². The number of carbonyl (C=O) groups is 3. The molecule has 0 bridgehead atoms. The van der Waals surface area contributed by atoms with E-state index in [9.17, 15) is 14.4 Å². The number of rotatable bonds is 3. The summed E-state index contributed by atoms with van der Waals surface area (Å²) in [6, 6.07) is 8.20. The monoisotopic (exact) mass is 357 g/mol. The highest BCUT2D eigenvalue weighted by atomic mass is 16.2. The third-order valence-corrected chi connectivity index (χ3v) is 5.21. The summed E-state index contributed by atoms with van der Waals surface area (Å²) in [7, 11) is 0. The molecule has 6 heteroatoms. The van der Waals surface area contributed by atoms with Crippen molar-refractivity contribution in [3.63, 3.8) is 0 Å². The van der Waals surface area contributed by atoms with Crippen LogP contribution in [0, 0.1) is 6.92 Å². The first-order valence-corrected chi connectivity index (χ1v) is 9.46. The number of hydrogen-bond donors (Lipinski definition) is 0. The fourth-order valence-corrected chi connectivity index (χ4v) is 3.63. The molecule has 0 saturated carbocycles. The number of carbonyl (C=O) groups excluding carboxylic acids is 3. The maximum atomic E-state index is 12.4. The van der Waals surface area contributed by atoms with Crippen LogP contribution >= 0.6 is 0 Å². The van der Waals surface area contributed by atoms with E-state index in [0.29, 0.717) is 45.7 Å². The zero-order valence-corrected chi connectivity index (χ0v) is 15.4. The summed E-state index contributed by atoms with van der Waals surface area (Å²) in [6.07, 6.45) is 3.15. The minimum atomic E-state index is -0.418. The van der Waals surface area contributed by atoms with Crippen molar-refractivity contribution in [2.24, 2.45) is 0 Å². The van der Waals surface area contributed by atoms with Gasteiger partial charge >= 0.3 is 11.8 Å². The van der Waals surface area contributed by atoms with Gasteiger partial charge in [0.1, 0.15) is 0 Å². The number of nitrogens with zero attached hydrogens (tertiary/aromatic N) is 3. The highest BCUT2D eigenvalue weighted by molar-refractivity contribution is 6.35. The Balaban J connectivity index is 1.44. The van der Waals surface area contributed by atoms with Crippen molar-refractivity contribution in [2.75, 3.05) is 39.3 Å². The molecule has 6 nitrogen and oxygen atoms in total. The lowest BCUT2D eigenvalue weighted by Gasteiger charge is -2.35. The van der Waals surface area contributed by atoms with Gasteiger partial charge in [0.25, 0.3) is 0 Å². The highest BCUT2D eigenvalue weighted by Gasteiger charge is 2.31. The van der Waals surface area contributed by atoms with Crippen molar-refractivity contribution in [1.29, 1.82) is 0 Å². The highest BCUT2D eigenvalue weighted by Crippen LogP contribution is 2.12. The number of hydrogen-bond acceptors (Lipinski definition) is 3. The van der Waals surface area contributed by atoms with Crippen molar-refractivity contribution < 1.29 is 14.4 Å². The topological polar surface area (TPSA) is 60.9 Å². The minimum absolute atomic E-state index is 0.115. The molecule has 0 unspecified atom stereocenters. The molecular weight excluding hydrogens is 330 g/mol. The van der Waals surface area contributed by atoms with E-state index in [1.165, 1.54) is 11.1 Å². The standard InChI is InChI=1S/C20H27N3O3/c1-16-5-4-6-17(15-16)7-8-18(24)21-11-13-23(14-12-21)20(26)19(25)22-9-2-3-10-22/h4-6,15H,2-3,7-14H2,1H3. The van der Waals surface area contributed by atoms with E-state index in [2.05, 4.69) is 6.07 Å². The molecule has 3 rings (SSSR count). The second kappa shape index (κ2) is 8.34. The summed E-state index contributed by atoms with van der Waals surface area (Å²) in [5.41, 5.74) is 2.37. The predicted octanol–water partition coefficient (Wildman–Crippen LogP) is 1.22. The van der Waals surface area contributed by atoms with Crippen LogP contribution in [0.1, 0.15) is 30.4 Å². The smallest absolute Gasteiger partial charge is 0.312 e. The lowest BCUT2D eigenvalue weighted by Crippen LogP contribution is -2.54. The van der Waals surface area contributed by atoms with Gasteiger partial charge in [-0.15, -0.1) is 0 Å². The molecule has 3 amide bonds. The number of likely N-dealkylation sites (tertiary alicyclic amines) is 1. The van der Waals surface area contributed by atoms with E-state index < -0.39 is 5.91 Å². The molecule has 26 heavy (non-hydrogen) atoms. The van der Waals surface area contributed by atoms with Gasteiger partial charge in [0, 0.05) is 45.7 Å². The number of piperazine rings is 1. The first-order chi connectivity index (χ1) is 12.5. The number of amides is 3. The van der Waals surface area contributed by atoms with E-state index in [4.69, 9.17) is 0 Å². The lowest BCUT2D eigenvalue weighted by atomic mass is 10.1. The maximum Gasteiger partial charge on any atom is 0.312 e. The van der Waals surface area contributed by atoms with Gasteiger partial charge in [-0.25, -0.2) is 0 Å². The number of aryl methyl sites for hydroxylation is 2. The van der Waals surface area contributed by atoms with E-state index in [1.807, 2.05) is 25.1 Å². The van der Waals surface area contributed by atoms with Crippen LogP contribution in [-0.2, 0) is 20.8 Å². The van der Waals surface area contributed by atoms with Gasteiger partial charge in [0.2, 0.25) is 5.91 Å². The Morgan fingerprint density at radius 1 is 0.846 bits per heavy atom. The molecule has 0 aromatic heterocycles. The molecule has 0 aliphatic carbocycles. The second-order valence-corrected chi connectivity index (χ2v) is 7.16. The third kappa shape index (κ3) is 4.42. The molecule has 2 fully saturated rings. The van der Waals surface area contributed by atoms with Gasteiger partial charge in [0.05, 0.1) is 0 Å². The molecular formula is C20H27N3O3. The average molecular weight is 357 g/mol. The molecule has 0 spiro atoms. The van der Waals surface area contributed by atoms with Gasteiger partial charge in [-0.05, 0) is 31.7 Å². The van der Waals surface area contributed by atoms with Crippen molar-refractivity contribution >= 4 is 17.7 Å². The van der Waals surface area contributed by atoms with Crippen LogP contribution < -0.4 is 0 Å². The summed E-state index contributed by atoms with van der Waals surface area (Å²) in [4.78, 5) is 42.0. The summed E-state index contributed by atoms with van der Waals surface area (Å²) in [5.74, 6) is -0.690. The van der Waals surface area contributed by atoms with E-state index in [0.717, 1.165) is 19.3 Å². The fraction of sp³-hybridized carbons (Fsp3) is 0.550. The normalized spacial score (nSPS) is 17.5. The number of benzene rings is 1. The molecule has 1 aromatic carbocycles. The molecule has 2 saturated heterocycles. The van der Waals surface area contributed by atoms with Crippen LogP contribution in [0.5, 0.6) is 0 Å². The van der Waals surface area contributed by atoms with E-state index in [1.54, 1.807) is 14.7 Å². The van der Waals surface area contributed by atoms with Crippen molar-refractivity contribution in [1.82, 2.24) is 14.7 Å². The zero-order chi connectivity index (χ0) is 18.5. The van der Waals surface area contributed by atoms with Crippen molar-refractivity contribution in [3.8, 4) is 0 Å². The molecule has 0 radical (unpaired) electrons. The van der Waals surface area contributed by atoms with Crippen LogP contribution in [0.25, 0.3) is 0 Å². The van der Waals surface area contributed by atoms with E-state index in [-0.39, 0.29) is 11.8 Å². The van der Waals surface area contributed by atoms with E-state index >= 15 is 0 Å². The third-order valence-electron chi connectivity index (χ3n) is 5.21. The predicted molar refractivity (Wildman–Crippen MR) is 98.5 cm³/mol. The molecule has 1 aromatic rings. The van der Waals surface area contributed by atoms with Crippen molar-refractivity contribution in [2.45, 2.75) is 32.6 Å². The van der Waals surface area contributed by atoms with Gasteiger partial charge in [-0.1, -0.05) is 29.8 Å². The molecule has 140 valence electrons. The Morgan fingerprint density at radius 3 is 2.04 bits per heavy atom. The van der Waals surface area contributed by atoms with Crippen LogP contribution in [0.3, 0.4) is 0 Å². The lowest BCUT2D eigenvalue weighted by molar-refractivity contribution is -0.153. The summed E-state index contributed by atoms with van der Waals surface area (Å²) < 4.78 is 0. The average Bonchev–Trinajstić information content (AvgIpc) is 3.20. The Kier molecular flexibility index (Phi) is 5.91. The molecule has 2 heterocycles. The molecule has 0 atom stereocenters. The summed E-state index contributed by atoms with van der Waals surface area (Å²) >= 11 is 0. The molecule has 2 aliphatic rings. The Morgan fingerprint density at radius 2 is 1.42 bits per heavy atom. The Bertz CT molecular complexity index is 675. The first kappa shape index (κ1) is 18.4. The zero-order valence-electron chi connectivity index (χ0n) is 15.4. The van der Waals surface area contributed by atoms with Crippen molar-refractivity contribution in [3.05, 3.63) is 35.4 Å². The van der Waals surface area contributed by atoms with Crippen LogP contribution in [-0.4, -0.2) is 71.7 Å². The quantitative estimate of drug-likeness (QED) is 0.764. The van der Waals surface area contributed by atoms with Crippen LogP contribution in [0.2, 0.25) is 0 Å². The fourth-order valence-electron chi connectivity index (χ4n) is 3.63. The van der Waals surface area contributed by atoms with Gasteiger partial charge < -0.3 is 14.7 Å². The second-order valence-electron chi connectivity index (χ2n) is 7.16. The molecule has 2 aliphatic heterocycles. The van der Waals surface area contributed by atoms with Crippen LogP contribution in [0.4, 0.5) is 0 Å². The van der Waals surface area contributed by atoms with Gasteiger partial charge in [-0.2, -0.15) is 0 Å². The van der Waals surface area contributed by atoms with Gasteiger partial charge in [-0.3, -0.25) is 14.4 Å². The SMILES string of the molecule is Cc1cccc(CCC(=O)N2CCN(C(=O)C(=O)N3CCCC3)CC2)c1. The van der Waals surface area contributed by atoms with Crippen LogP contribution in [0.15, 0.2) is 24.3 Å². The first-order valence-electron chi connectivity index (χ1n) is 9.46. The summed E-state index contributed by atoms with van der Waals surface area (Å²) in [6.45, 7) is 5.30.